The Labute approximate surface area is 319 Å². The molecule has 0 spiro atoms. The van der Waals surface area contributed by atoms with Crippen molar-refractivity contribution >= 4 is 47.7 Å². The van der Waals surface area contributed by atoms with Crippen molar-refractivity contribution in [3.63, 3.8) is 0 Å². The summed E-state index contributed by atoms with van der Waals surface area (Å²) in [7, 11) is 0. The summed E-state index contributed by atoms with van der Waals surface area (Å²) in [5, 5.41) is 29.7. The van der Waals surface area contributed by atoms with E-state index in [-0.39, 0.29) is 43.1 Å². The lowest BCUT2D eigenvalue weighted by molar-refractivity contribution is -0.166. The number of aryl methyl sites for hydroxylation is 1. The highest BCUT2D eigenvalue weighted by molar-refractivity contribution is 6.30. The number of nitrogens with one attached hydrogen (secondary N) is 3. The Morgan fingerprint density at radius 1 is 0.839 bits per heavy atom. The van der Waals surface area contributed by atoms with Crippen molar-refractivity contribution < 1.29 is 42.6 Å². The lowest BCUT2D eigenvalue weighted by Crippen LogP contribution is -2.30. The summed E-state index contributed by atoms with van der Waals surface area (Å²) in [6.45, 7) is 9.16. The zero-order valence-corrected chi connectivity index (χ0v) is 31.4. The van der Waals surface area contributed by atoms with Crippen LogP contribution in [-0.4, -0.2) is 55.8 Å². The minimum Gasteiger partial charge on any atom is -0.481 e. The first-order valence-electron chi connectivity index (χ1n) is 18.1. The average Bonchev–Trinajstić information content (AvgIpc) is 3.68. The van der Waals surface area contributed by atoms with Crippen LogP contribution < -0.4 is 16.0 Å². The molecule has 1 unspecified atom stereocenters. The molecule has 12 nitrogen and oxygen atoms in total. The minimum atomic E-state index is -4.62. The number of aliphatic carboxylic acids is 2. The third-order valence-corrected chi connectivity index (χ3v) is 10.7. The van der Waals surface area contributed by atoms with E-state index in [4.69, 9.17) is 0 Å². The molecule has 0 radical (unpaired) electrons. The number of hydrogen-bond acceptors (Lipinski definition) is 6. The van der Waals surface area contributed by atoms with Crippen LogP contribution in [0.2, 0.25) is 0 Å². The van der Waals surface area contributed by atoms with E-state index in [1.165, 1.54) is 12.1 Å². The van der Waals surface area contributed by atoms with Crippen LogP contribution >= 0.6 is 0 Å². The molecule has 2 amide bonds. The van der Waals surface area contributed by atoms with E-state index >= 15 is 0 Å². The Morgan fingerprint density at radius 3 is 2.07 bits per heavy atom. The SMILES string of the molecule is C/C=C1/C(=C/c2[nH]c(/C=c3\[nH]/c(=C\C4=NC(=O)C(CCc5ccc(C6(C(F)(F)F)N=N6)cc5)=C4C)c(C)c3CCC(=O)O)c(CCC(=O)O)c2C)NC(=O)C1C. The number of halogens is 3. The highest BCUT2D eigenvalue weighted by Gasteiger charge is 2.65. The van der Waals surface area contributed by atoms with Crippen LogP contribution in [0, 0.1) is 19.8 Å². The third-order valence-electron chi connectivity index (χ3n) is 10.7. The quantitative estimate of drug-likeness (QED) is 0.147. The molecule has 2 aromatic heterocycles. The fraction of sp³-hybridized carbons (Fsp3) is 0.341. The molecule has 292 valence electrons. The first kappa shape index (κ1) is 39.6. The number of aromatic nitrogens is 2. The number of rotatable bonds is 13. The van der Waals surface area contributed by atoms with Gasteiger partial charge in [0.15, 0.2) is 0 Å². The Bertz CT molecular complexity index is 2440. The average molecular weight is 771 g/mol. The molecular weight excluding hydrogens is 729 g/mol. The number of carbonyl (C=O) groups excluding carboxylic acids is 2. The zero-order chi connectivity index (χ0) is 40.7. The van der Waals surface area contributed by atoms with Crippen LogP contribution in [0.1, 0.15) is 84.8 Å². The summed E-state index contributed by atoms with van der Waals surface area (Å²) in [4.78, 5) is 59.9. The van der Waals surface area contributed by atoms with Gasteiger partial charge in [0.25, 0.3) is 5.91 Å². The molecule has 3 aliphatic heterocycles. The molecule has 3 aromatic rings. The van der Waals surface area contributed by atoms with Crippen molar-refractivity contribution in [3.05, 3.63) is 108 Å². The molecule has 1 atom stereocenters. The summed E-state index contributed by atoms with van der Waals surface area (Å²) < 4.78 is 40.2. The molecule has 1 aromatic carbocycles. The maximum Gasteiger partial charge on any atom is 0.442 e. The van der Waals surface area contributed by atoms with Crippen molar-refractivity contribution in [2.75, 3.05) is 0 Å². The number of carboxylic acid groups (broad SMARTS) is 2. The van der Waals surface area contributed by atoms with Gasteiger partial charge >= 0.3 is 23.8 Å². The largest absolute Gasteiger partial charge is 0.481 e. The van der Waals surface area contributed by atoms with Gasteiger partial charge in [0.1, 0.15) is 0 Å². The van der Waals surface area contributed by atoms with Gasteiger partial charge in [0, 0.05) is 51.8 Å². The van der Waals surface area contributed by atoms with Gasteiger partial charge in [-0.2, -0.15) is 13.2 Å². The van der Waals surface area contributed by atoms with Gasteiger partial charge in [-0.05, 0) is 117 Å². The molecule has 15 heteroatoms. The zero-order valence-electron chi connectivity index (χ0n) is 31.4. The second-order valence-corrected chi connectivity index (χ2v) is 14.2. The number of aromatic amines is 2. The number of amides is 2. The number of benzene rings is 1. The highest BCUT2D eigenvalue weighted by atomic mass is 19.4. The molecule has 6 rings (SSSR count). The van der Waals surface area contributed by atoms with Crippen LogP contribution in [0.5, 0.6) is 0 Å². The fourth-order valence-electron chi connectivity index (χ4n) is 7.27. The summed E-state index contributed by atoms with van der Waals surface area (Å²) in [6, 6.07) is 5.83. The summed E-state index contributed by atoms with van der Waals surface area (Å²) in [6.07, 6.45) is 3.44. The Hall–Kier alpha value is -6.12. The standard InChI is InChI=1S/C41H41F3N6O6/c1-6-26-23(5)38(55)48-33(26)18-31-21(3)28(14-16-37(53)54)35(46-31)19-34-27(13-15-36(51)52)20(2)30(45-34)17-32-22(4)29(39(56)47-32)12-9-24-7-10-25(11-8-24)40(49-50-40)41(42,43)44/h6-8,10-11,17-19,23,45-46H,9,12-16H2,1-5H3,(H,48,55)(H,51,52)(H,53,54)/b26-6+,30-17-,33-18-,34-19-. The molecular formula is C41H41F3N6O6. The number of alkyl halides is 3. The molecule has 1 fully saturated rings. The molecule has 56 heavy (non-hydrogen) atoms. The number of carbonyl (C=O) groups is 4. The van der Waals surface area contributed by atoms with E-state index in [9.17, 15) is 42.6 Å². The summed E-state index contributed by atoms with van der Waals surface area (Å²) >= 11 is 0. The number of nitrogens with zero attached hydrogens (tertiary/aromatic N) is 3. The van der Waals surface area contributed by atoms with Gasteiger partial charge in [-0.1, -0.05) is 30.3 Å². The van der Waals surface area contributed by atoms with E-state index in [0.29, 0.717) is 57.5 Å². The Balaban J connectivity index is 1.34. The van der Waals surface area contributed by atoms with E-state index < -0.39 is 29.7 Å². The van der Waals surface area contributed by atoms with E-state index in [0.717, 1.165) is 33.4 Å². The van der Waals surface area contributed by atoms with Crippen LogP contribution in [-0.2, 0) is 44.1 Å². The highest BCUT2D eigenvalue weighted by Crippen LogP contribution is 2.52. The molecule has 0 aliphatic carbocycles. The Kier molecular flexibility index (Phi) is 10.7. The van der Waals surface area contributed by atoms with Gasteiger partial charge in [-0.25, -0.2) is 4.99 Å². The van der Waals surface area contributed by atoms with Crippen molar-refractivity contribution in [2.24, 2.45) is 21.1 Å². The normalized spacial score (nSPS) is 19.9. The van der Waals surface area contributed by atoms with Crippen LogP contribution in [0.25, 0.3) is 18.2 Å². The van der Waals surface area contributed by atoms with E-state index in [1.54, 1.807) is 25.1 Å². The first-order chi connectivity index (χ1) is 26.4. The number of hydrogen-bond donors (Lipinski definition) is 5. The van der Waals surface area contributed by atoms with Gasteiger partial charge in [-0.15, -0.1) is 10.2 Å². The van der Waals surface area contributed by atoms with Crippen LogP contribution in [0.4, 0.5) is 13.2 Å². The third kappa shape index (κ3) is 7.70. The monoisotopic (exact) mass is 770 g/mol. The van der Waals surface area contributed by atoms with E-state index in [2.05, 4.69) is 30.5 Å². The lowest BCUT2D eigenvalue weighted by Gasteiger charge is -2.15. The van der Waals surface area contributed by atoms with Gasteiger partial charge in [0.2, 0.25) is 5.91 Å². The maximum absolute atomic E-state index is 13.4. The molecule has 5 N–H and O–H groups in total. The smallest absolute Gasteiger partial charge is 0.442 e. The Morgan fingerprint density at radius 2 is 1.48 bits per heavy atom. The number of allylic oxidation sites excluding steroid dienone is 3. The second kappa shape index (κ2) is 15.2. The van der Waals surface area contributed by atoms with Crippen molar-refractivity contribution in [2.45, 2.75) is 85.0 Å². The first-order valence-corrected chi connectivity index (χ1v) is 18.1. The van der Waals surface area contributed by atoms with Crippen LogP contribution in [0.15, 0.2) is 68.0 Å². The van der Waals surface area contributed by atoms with Gasteiger partial charge in [0.05, 0.1) is 11.6 Å². The molecule has 0 bridgehead atoms. The number of H-pyrrole nitrogens is 2. The van der Waals surface area contributed by atoms with Crippen molar-refractivity contribution in [1.29, 1.82) is 0 Å². The van der Waals surface area contributed by atoms with Crippen LogP contribution in [0.3, 0.4) is 0 Å². The molecule has 5 heterocycles. The number of carboxylic acids is 2. The van der Waals surface area contributed by atoms with Gasteiger partial charge < -0.3 is 25.5 Å². The maximum atomic E-state index is 13.4. The second-order valence-electron chi connectivity index (χ2n) is 14.2. The van der Waals surface area contributed by atoms with E-state index in [1.807, 2.05) is 45.9 Å². The topological polar surface area (TPSA) is 189 Å². The molecule has 1 saturated heterocycles. The summed E-state index contributed by atoms with van der Waals surface area (Å²) in [5.41, 5.74) is 5.52. The predicted molar refractivity (Wildman–Crippen MR) is 202 cm³/mol. The molecule has 0 saturated carbocycles. The number of aliphatic imine (C=N–C) groups is 1. The van der Waals surface area contributed by atoms with Crippen molar-refractivity contribution in [1.82, 2.24) is 15.3 Å². The molecule has 3 aliphatic rings. The van der Waals surface area contributed by atoms with Gasteiger partial charge in [-0.3, -0.25) is 19.2 Å². The fourth-order valence-corrected chi connectivity index (χ4v) is 7.27. The summed E-state index contributed by atoms with van der Waals surface area (Å²) in [5.74, 6) is -2.81. The minimum absolute atomic E-state index is 0.0701. The van der Waals surface area contributed by atoms with Crippen molar-refractivity contribution in [3.8, 4) is 0 Å². The lowest BCUT2D eigenvalue weighted by atomic mass is 9.97. The predicted octanol–water partition coefficient (Wildman–Crippen LogP) is 5.77.